The average Bonchev–Trinajstić information content (AvgIpc) is 3.12. The lowest BCUT2D eigenvalue weighted by molar-refractivity contribution is -0.127. The van der Waals surface area contributed by atoms with Crippen LogP contribution in [0.15, 0.2) is 70.0 Å². The summed E-state index contributed by atoms with van der Waals surface area (Å²) in [5, 5.41) is 3.02. The predicted molar refractivity (Wildman–Crippen MR) is 149 cm³/mol. The van der Waals surface area contributed by atoms with Crippen LogP contribution in [0, 0.1) is 0 Å². The van der Waals surface area contributed by atoms with Crippen LogP contribution in [0.4, 0.5) is 10.5 Å². The maximum Gasteiger partial charge on any atom is 0.294 e. The summed E-state index contributed by atoms with van der Waals surface area (Å²) in [6, 6.07) is 17.4. The van der Waals surface area contributed by atoms with Gasteiger partial charge in [-0.3, -0.25) is 19.3 Å². The quantitative estimate of drug-likeness (QED) is 0.272. The molecule has 0 bridgehead atoms. The Kier molecular flexibility index (Phi) is 8.81. The van der Waals surface area contributed by atoms with Crippen molar-refractivity contribution in [1.29, 1.82) is 0 Å². The fourth-order valence-corrected chi connectivity index (χ4v) is 5.39. The van der Waals surface area contributed by atoms with E-state index in [1.165, 1.54) is 7.11 Å². The number of carbonyl (C=O) groups is 3. The van der Waals surface area contributed by atoms with Gasteiger partial charge in [0.2, 0.25) is 5.91 Å². The molecule has 3 aromatic carbocycles. The fourth-order valence-electron chi connectivity index (χ4n) is 3.37. The molecule has 0 unspecified atom stereocenters. The molecular weight excluding hydrogens is 603 g/mol. The van der Waals surface area contributed by atoms with E-state index in [-0.39, 0.29) is 11.5 Å². The van der Waals surface area contributed by atoms with Crippen molar-refractivity contribution in [1.82, 2.24) is 4.90 Å². The van der Waals surface area contributed by atoms with Gasteiger partial charge in [0.05, 0.1) is 21.5 Å². The van der Waals surface area contributed by atoms with Gasteiger partial charge in [-0.1, -0.05) is 41.4 Å². The highest BCUT2D eigenvalue weighted by atomic mass is 79.9. The van der Waals surface area contributed by atoms with E-state index in [0.29, 0.717) is 37.3 Å². The first kappa shape index (κ1) is 27.1. The second-order valence-corrected chi connectivity index (χ2v) is 10.4. The summed E-state index contributed by atoms with van der Waals surface area (Å²) in [5.41, 5.74) is 1.90. The van der Waals surface area contributed by atoms with E-state index >= 15 is 0 Å². The fraction of sp³-hybridized carbons (Fsp3) is 0.115. The Morgan fingerprint density at radius 2 is 1.81 bits per heavy atom. The van der Waals surface area contributed by atoms with Gasteiger partial charge >= 0.3 is 0 Å². The molecule has 0 aromatic heterocycles. The summed E-state index contributed by atoms with van der Waals surface area (Å²) in [6.07, 6.45) is 1.54. The summed E-state index contributed by atoms with van der Waals surface area (Å²) in [5.74, 6) is -0.00579. The number of anilines is 1. The zero-order valence-corrected chi connectivity index (χ0v) is 23.2. The minimum atomic E-state index is -0.564. The maximum atomic E-state index is 12.9. The Hall–Kier alpha value is -2.98. The third-order valence-corrected chi connectivity index (χ3v) is 7.34. The van der Waals surface area contributed by atoms with E-state index in [9.17, 15) is 14.4 Å². The van der Waals surface area contributed by atoms with Gasteiger partial charge < -0.3 is 14.8 Å². The average molecular weight is 622 g/mol. The van der Waals surface area contributed by atoms with Crippen molar-refractivity contribution in [2.75, 3.05) is 19.0 Å². The third-order valence-electron chi connectivity index (χ3n) is 5.20. The summed E-state index contributed by atoms with van der Waals surface area (Å²) < 4.78 is 11.5. The molecule has 1 fully saturated rings. The Bertz CT molecular complexity index is 1370. The molecule has 3 amide bonds. The van der Waals surface area contributed by atoms with Crippen molar-refractivity contribution < 1.29 is 23.9 Å². The van der Waals surface area contributed by atoms with Crippen molar-refractivity contribution in [2.24, 2.45) is 0 Å². The molecule has 11 heteroatoms. The van der Waals surface area contributed by atoms with Crippen LogP contribution in [0.2, 0.25) is 10.0 Å². The zero-order valence-electron chi connectivity index (χ0n) is 19.3. The largest absolute Gasteiger partial charge is 0.497 e. The molecule has 0 aliphatic carbocycles. The highest BCUT2D eigenvalue weighted by molar-refractivity contribution is 9.10. The molecule has 3 aromatic rings. The molecule has 1 saturated heterocycles. The Morgan fingerprint density at radius 3 is 2.49 bits per heavy atom. The van der Waals surface area contributed by atoms with E-state index in [1.807, 2.05) is 18.2 Å². The van der Waals surface area contributed by atoms with Crippen LogP contribution >= 0.6 is 50.9 Å². The predicted octanol–water partition coefficient (Wildman–Crippen LogP) is 7.02. The van der Waals surface area contributed by atoms with Crippen LogP contribution in [-0.4, -0.2) is 35.6 Å². The summed E-state index contributed by atoms with van der Waals surface area (Å²) in [6.45, 7) is -0.192. The molecule has 0 radical (unpaired) electrons. The van der Waals surface area contributed by atoms with Gasteiger partial charge in [-0.05, 0) is 81.8 Å². The molecule has 1 aliphatic heterocycles. The maximum absolute atomic E-state index is 12.9. The number of ether oxygens (including phenoxy) is 2. The topological polar surface area (TPSA) is 84.9 Å². The highest BCUT2D eigenvalue weighted by Gasteiger charge is 2.36. The smallest absolute Gasteiger partial charge is 0.294 e. The lowest BCUT2D eigenvalue weighted by Gasteiger charge is -2.13. The molecule has 0 saturated carbocycles. The number of imide groups is 1. The highest BCUT2D eigenvalue weighted by Crippen LogP contribution is 2.38. The number of amides is 3. The van der Waals surface area contributed by atoms with Gasteiger partial charge in [-0.25, -0.2) is 0 Å². The van der Waals surface area contributed by atoms with Crippen LogP contribution in [0.3, 0.4) is 0 Å². The van der Waals surface area contributed by atoms with Crippen molar-refractivity contribution >= 4 is 79.7 Å². The standard InChI is InChI=1S/C26H19BrCl2N2O5S/c1-35-18-8-6-17(7-9-18)30-23(32)13-31-25(33)22(37-26(31)34)12-15-10-19(27)24(21(29)11-15)36-14-16-4-2-3-5-20(16)28/h2-12H,13-14H2,1H3,(H,30,32)/b22-12+. The summed E-state index contributed by atoms with van der Waals surface area (Å²) in [7, 11) is 1.54. The van der Waals surface area contributed by atoms with Gasteiger partial charge in [0.25, 0.3) is 11.1 Å². The van der Waals surface area contributed by atoms with Crippen molar-refractivity contribution in [3.8, 4) is 11.5 Å². The van der Waals surface area contributed by atoms with Crippen LogP contribution in [0.25, 0.3) is 6.08 Å². The van der Waals surface area contributed by atoms with E-state index in [1.54, 1.807) is 48.5 Å². The molecule has 0 spiro atoms. The number of benzene rings is 3. The molecule has 1 aliphatic rings. The zero-order chi connectivity index (χ0) is 26.5. The van der Waals surface area contributed by atoms with Crippen LogP contribution in [-0.2, 0) is 16.2 Å². The van der Waals surface area contributed by atoms with E-state index in [4.69, 9.17) is 32.7 Å². The summed E-state index contributed by atoms with van der Waals surface area (Å²) >= 11 is 16.8. The van der Waals surface area contributed by atoms with Crippen LogP contribution in [0.1, 0.15) is 11.1 Å². The van der Waals surface area contributed by atoms with Crippen LogP contribution < -0.4 is 14.8 Å². The van der Waals surface area contributed by atoms with E-state index in [0.717, 1.165) is 22.2 Å². The second kappa shape index (κ2) is 12.0. The van der Waals surface area contributed by atoms with E-state index < -0.39 is 23.6 Å². The number of nitrogens with one attached hydrogen (secondary N) is 1. The molecule has 7 nitrogen and oxygen atoms in total. The first-order valence-corrected chi connectivity index (χ1v) is 13.2. The Labute approximate surface area is 235 Å². The number of halogens is 3. The normalized spacial score (nSPS) is 14.3. The summed E-state index contributed by atoms with van der Waals surface area (Å²) in [4.78, 5) is 38.8. The van der Waals surface area contributed by atoms with Gasteiger partial charge in [0.1, 0.15) is 18.9 Å². The third kappa shape index (κ3) is 6.67. The first-order chi connectivity index (χ1) is 17.7. The molecular formula is C26H19BrCl2N2O5S. The lowest BCUT2D eigenvalue weighted by Crippen LogP contribution is -2.36. The minimum absolute atomic E-state index is 0.176. The molecule has 37 heavy (non-hydrogen) atoms. The number of hydrogen-bond acceptors (Lipinski definition) is 6. The number of thioether (sulfide) groups is 1. The van der Waals surface area contributed by atoms with Crippen molar-refractivity contribution in [3.63, 3.8) is 0 Å². The molecule has 1 N–H and O–H groups in total. The molecule has 190 valence electrons. The minimum Gasteiger partial charge on any atom is -0.497 e. The molecule has 0 atom stereocenters. The Morgan fingerprint density at radius 1 is 1.08 bits per heavy atom. The second-order valence-electron chi connectivity index (χ2n) is 7.74. The monoisotopic (exact) mass is 620 g/mol. The number of methoxy groups -OCH3 is 1. The van der Waals surface area contributed by atoms with Gasteiger partial charge in [0, 0.05) is 16.3 Å². The lowest BCUT2D eigenvalue weighted by atomic mass is 10.2. The number of carbonyl (C=O) groups excluding carboxylic acids is 3. The van der Waals surface area contributed by atoms with Gasteiger partial charge in [0.15, 0.2) is 5.75 Å². The molecule has 4 rings (SSSR count). The van der Waals surface area contributed by atoms with Crippen molar-refractivity contribution in [3.05, 3.63) is 91.2 Å². The van der Waals surface area contributed by atoms with E-state index in [2.05, 4.69) is 21.2 Å². The van der Waals surface area contributed by atoms with Crippen LogP contribution in [0.5, 0.6) is 11.5 Å². The van der Waals surface area contributed by atoms with Crippen molar-refractivity contribution in [2.45, 2.75) is 6.61 Å². The number of nitrogens with zero attached hydrogens (tertiary/aromatic N) is 1. The van der Waals surface area contributed by atoms with Gasteiger partial charge in [-0.2, -0.15) is 0 Å². The molecule has 1 heterocycles. The number of hydrogen-bond donors (Lipinski definition) is 1. The first-order valence-electron chi connectivity index (χ1n) is 10.8. The Balaban J connectivity index is 1.43. The SMILES string of the molecule is COc1ccc(NC(=O)CN2C(=O)S/C(=C/c3cc(Cl)c(OCc4ccccc4Cl)c(Br)c3)C2=O)cc1. The number of rotatable bonds is 8. The van der Waals surface area contributed by atoms with Gasteiger partial charge in [-0.15, -0.1) is 0 Å².